The van der Waals surface area contributed by atoms with Gasteiger partial charge in [-0.2, -0.15) is 13.2 Å². The van der Waals surface area contributed by atoms with E-state index in [-0.39, 0.29) is 6.54 Å². The summed E-state index contributed by atoms with van der Waals surface area (Å²) in [5.41, 5.74) is -0.428. The summed E-state index contributed by atoms with van der Waals surface area (Å²) in [6.07, 6.45) is -1.15. The number of alkyl halides is 3. The molecule has 1 aromatic heterocycles. The second kappa shape index (κ2) is 9.47. The van der Waals surface area contributed by atoms with Crippen LogP contribution in [-0.2, 0) is 30.6 Å². The average molecular weight is 421 g/mol. The minimum Gasteiger partial charge on any atom is -0.350 e. The molecule has 1 N–H and O–H groups in total. The number of nitrogens with zero attached hydrogens (tertiary/aromatic N) is 2. The molecule has 162 valence electrons. The van der Waals surface area contributed by atoms with E-state index in [4.69, 9.17) is 0 Å². The summed E-state index contributed by atoms with van der Waals surface area (Å²) in [6, 6.07) is 9.63. The molecule has 1 aliphatic rings. The largest absolute Gasteiger partial charge is 0.421 e. The highest BCUT2D eigenvalue weighted by Crippen LogP contribution is 2.26. The third-order valence-corrected chi connectivity index (χ3v) is 5.37. The minimum atomic E-state index is -4.75. The van der Waals surface area contributed by atoms with E-state index in [0.29, 0.717) is 12.0 Å². The lowest BCUT2D eigenvalue weighted by Gasteiger charge is -2.31. The number of hydrogen-bond acceptors (Lipinski definition) is 3. The van der Waals surface area contributed by atoms with Crippen molar-refractivity contribution in [2.45, 2.75) is 45.6 Å². The van der Waals surface area contributed by atoms with Crippen molar-refractivity contribution in [1.29, 1.82) is 0 Å². The maximum absolute atomic E-state index is 12.9. The van der Waals surface area contributed by atoms with Gasteiger partial charge in [0.25, 0.3) is 5.56 Å². The first-order chi connectivity index (χ1) is 14.2. The van der Waals surface area contributed by atoms with E-state index < -0.39 is 29.8 Å². The molecule has 1 fully saturated rings. The van der Waals surface area contributed by atoms with Crippen molar-refractivity contribution in [2.24, 2.45) is 5.92 Å². The molecule has 0 bridgehead atoms. The summed E-state index contributed by atoms with van der Waals surface area (Å²) >= 11 is 0. The molecular weight excluding hydrogens is 395 g/mol. The van der Waals surface area contributed by atoms with Crippen LogP contribution in [0.1, 0.15) is 36.5 Å². The Kier molecular flexibility index (Phi) is 6.97. The van der Waals surface area contributed by atoms with Crippen LogP contribution in [0.15, 0.2) is 47.4 Å². The Labute approximate surface area is 173 Å². The summed E-state index contributed by atoms with van der Waals surface area (Å²) in [6.45, 7) is 4.92. The van der Waals surface area contributed by atoms with E-state index in [0.717, 1.165) is 41.4 Å². The van der Waals surface area contributed by atoms with E-state index in [2.05, 4.69) is 17.1 Å². The lowest BCUT2D eigenvalue weighted by atomic mass is 9.99. The fraction of sp³-hybridized carbons (Fsp3) is 0.455. The monoisotopic (exact) mass is 421 g/mol. The second-order valence-corrected chi connectivity index (χ2v) is 7.88. The second-order valence-electron chi connectivity index (χ2n) is 7.88. The van der Waals surface area contributed by atoms with Gasteiger partial charge in [0.1, 0.15) is 12.1 Å². The summed E-state index contributed by atoms with van der Waals surface area (Å²) < 4.78 is 39.4. The fourth-order valence-corrected chi connectivity index (χ4v) is 3.84. The number of nitrogens with one attached hydrogen (secondary N) is 1. The van der Waals surface area contributed by atoms with E-state index in [1.54, 1.807) is 0 Å². The molecule has 0 aliphatic carbocycles. The van der Waals surface area contributed by atoms with Crippen LogP contribution in [0, 0.1) is 5.92 Å². The molecule has 30 heavy (non-hydrogen) atoms. The van der Waals surface area contributed by atoms with Crippen molar-refractivity contribution in [3.63, 3.8) is 0 Å². The van der Waals surface area contributed by atoms with Crippen LogP contribution in [0.3, 0.4) is 0 Å². The molecule has 0 saturated carbocycles. The van der Waals surface area contributed by atoms with Gasteiger partial charge in [-0.15, -0.1) is 0 Å². The molecule has 8 heteroatoms. The van der Waals surface area contributed by atoms with Gasteiger partial charge in [0.05, 0.1) is 0 Å². The number of amides is 1. The highest BCUT2D eigenvalue weighted by molar-refractivity contribution is 5.75. The van der Waals surface area contributed by atoms with Crippen LogP contribution in [0.25, 0.3) is 0 Å². The van der Waals surface area contributed by atoms with Crippen LogP contribution in [0.4, 0.5) is 13.2 Å². The van der Waals surface area contributed by atoms with Crippen molar-refractivity contribution in [2.75, 3.05) is 13.1 Å². The molecule has 0 spiro atoms. The summed E-state index contributed by atoms with van der Waals surface area (Å²) in [5.74, 6) is 0.147. The summed E-state index contributed by atoms with van der Waals surface area (Å²) in [5, 5.41) is 2.72. The Hall–Kier alpha value is -2.61. The van der Waals surface area contributed by atoms with Crippen molar-refractivity contribution in [3.8, 4) is 0 Å². The van der Waals surface area contributed by atoms with Gasteiger partial charge in [0, 0.05) is 25.8 Å². The van der Waals surface area contributed by atoms with Gasteiger partial charge in [0.2, 0.25) is 5.91 Å². The molecule has 1 saturated heterocycles. The quantitative estimate of drug-likeness (QED) is 0.778. The van der Waals surface area contributed by atoms with E-state index in [1.165, 1.54) is 19.0 Å². The minimum absolute atomic E-state index is 0.256. The van der Waals surface area contributed by atoms with Crippen molar-refractivity contribution < 1.29 is 18.0 Å². The van der Waals surface area contributed by atoms with Crippen LogP contribution >= 0.6 is 0 Å². The van der Waals surface area contributed by atoms with Gasteiger partial charge < -0.3 is 9.88 Å². The molecule has 5 nitrogen and oxygen atoms in total. The number of carbonyl (C=O) groups excluding carboxylic acids is 1. The molecule has 2 aromatic rings. The maximum Gasteiger partial charge on any atom is 0.421 e. The van der Waals surface area contributed by atoms with Crippen LogP contribution < -0.4 is 10.9 Å². The Balaban J connectivity index is 1.63. The Morgan fingerprint density at radius 2 is 1.90 bits per heavy atom. The Morgan fingerprint density at radius 3 is 2.60 bits per heavy atom. The molecular formula is C22H26F3N3O2. The van der Waals surface area contributed by atoms with Crippen molar-refractivity contribution in [1.82, 2.24) is 14.8 Å². The first kappa shape index (κ1) is 22.1. The Bertz CT molecular complexity index is 940. The smallest absolute Gasteiger partial charge is 0.350 e. The number of benzene rings is 1. The van der Waals surface area contributed by atoms with E-state index in [9.17, 15) is 22.8 Å². The third kappa shape index (κ3) is 5.72. The van der Waals surface area contributed by atoms with Crippen LogP contribution in [0.2, 0.25) is 0 Å². The zero-order valence-corrected chi connectivity index (χ0v) is 16.9. The van der Waals surface area contributed by atoms with Gasteiger partial charge in [-0.1, -0.05) is 31.2 Å². The topological polar surface area (TPSA) is 54.3 Å². The highest BCUT2D eigenvalue weighted by atomic mass is 19.4. The van der Waals surface area contributed by atoms with Crippen molar-refractivity contribution in [3.05, 3.63) is 69.6 Å². The number of hydrogen-bond donors (Lipinski definition) is 1. The summed E-state index contributed by atoms with van der Waals surface area (Å²) in [7, 11) is 0. The normalized spacial score (nSPS) is 17.7. The number of carbonyl (C=O) groups is 1. The fourth-order valence-electron chi connectivity index (χ4n) is 3.84. The molecule has 1 unspecified atom stereocenters. The van der Waals surface area contributed by atoms with Gasteiger partial charge in [0.15, 0.2) is 0 Å². The molecule has 0 radical (unpaired) electrons. The number of halogens is 3. The van der Waals surface area contributed by atoms with E-state index in [1.807, 2.05) is 24.3 Å². The number of likely N-dealkylation sites (tertiary alicyclic amines) is 1. The molecule has 2 heterocycles. The summed E-state index contributed by atoms with van der Waals surface area (Å²) in [4.78, 5) is 26.7. The van der Waals surface area contributed by atoms with Crippen molar-refractivity contribution >= 4 is 5.91 Å². The number of rotatable bonds is 6. The molecule has 1 aliphatic heterocycles. The average Bonchev–Trinajstić information content (AvgIpc) is 2.68. The Morgan fingerprint density at radius 1 is 1.17 bits per heavy atom. The maximum atomic E-state index is 12.9. The lowest BCUT2D eigenvalue weighted by molar-refractivity contribution is -0.139. The first-order valence-electron chi connectivity index (χ1n) is 10.1. The van der Waals surface area contributed by atoms with Gasteiger partial charge in [-0.05, 0) is 48.6 Å². The SMILES string of the molecule is CC1CCCN(Cc2ccccc2CNC(=O)Cn2cccc(C(F)(F)F)c2=O)C1. The first-order valence-corrected chi connectivity index (χ1v) is 10.1. The molecule has 3 rings (SSSR count). The number of aromatic nitrogens is 1. The zero-order chi connectivity index (χ0) is 21.7. The highest BCUT2D eigenvalue weighted by Gasteiger charge is 2.34. The predicted molar refractivity (Wildman–Crippen MR) is 108 cm³/mol. The van der Waals surface area contributed by atoms with Crippen LogP contribution in [-0.4, -0.2) is 28.5 Å². The van der Waals surface area contributed by atoms with Gasteiger partial charge >= 0.3 is 6.18 Å². The molecule has 1 amide bonds. The predicted octanol–water partition coefficient (Wildman–Crippen LogP) is 3.42. The number of pyridine rings is 1. The zero-order valence-electron chi connectivity index (χ0n) is 16.9. The standard InChI is InChI=1S/C22H26F3N3O2/c1-16-6-4-10-27(13-16)14-18-8-3-2-7-17(18)12-26-20(29)15-28-11-5-9-19(21(28)30)22(23,24)25/h2-3,5,7-9,11,16H,4,6,10,12-15H2,1H3,(H,26,29). The molecule has 1 aromatic carbocycles. The van der Waals surface area contributed by atoms with Gasteiger partial charge in [-0.25, -0.2) is 0 Å². The van der Waals surface area contributed by atoms with Gasteiger partial charge in [-0.3, -0.25) is 14.5 Å². The third-order valence-electron chi connectivity index (χ3n) is 5.37. The number of piperidine rings is 1. The van der Waals surface area contributed by atoms with E-state index >= 15 is 0 Å². The molecule has 1 atom stereocenters. The lowest BCUT2D eigenvalue weighted by Crippen LogP contribution is -2.35. The van der Waals surface area contributed by atoms with Crippen LogP contribution in [0.5, 0.6) is 0 Å².